The molecule has 54 valence electrons. The Morgan fingerprint density at radius 3 is 2.11 bits per heavy atom. The van der Waals surface area contributed by atoms with Crippen LogP contribution in [-0.4, -0.2) is 40.0 Å². The molecule has 0 spiro atoms. The SMILES string of the molecule is NC(=O)C(O)C(O)CO. The average Bonchev–Trinajstić information content (AvgIpc) is 1.84. The van der Waals surface area contributed by atoms with Gasteiger partial charge in [0.1, 0.15) is 6.10 Å². The molecule has 0 bridgehead atoms. The van der Waals surface area contributed by atoms with Gasteiger partial charge in [-0.15, -0.1) is 0 Å². The Labute approximate surface area is 51.7 Å². The maximum absolute atomic E-state index is 10.0. The van der Waals surface area contributed by atoms with Crippen molar-refractivity contribution in [1.82, 2.24) is 0 Å². The summed E-state index contributed by atoms with van der Waals surface area (Å²) in [7, 11) is 0. The number of aliphatic hydroxyl groups excluding tert-OH is 3. The Kier molecular flexibility index (Phi) is 3.15. The van der Waals surface area contributed by atoms with Crippen LogP contribution < -0.4 is 5.73 Å². The molecular formula is C4H9NO4. The van der Waals surface area contributed by atoms with Crippen LogP contribution in [0, 0.1) is 0 Å². The molecule has 0 aliphatic rings. The van der Waals surface area contributed by atoms with Crippen molar-refractivity contribution in [3.8, 4) is 0 Å². The third-order valence-electron chi connectivity index (χ3n) is 0.843. The largest absolute Gasteiger partial charge is 0.394 e. The second kappa shape index (κ2) is 3.39. The summed E-state index contributed by atoms with van der Waals surface area (Å²) in [6.07, 6.45) is -3.14. The topological polar surface area (TPSA) is 104 Å². The standard InChI is InChI=1S/C4H9NO4/c5-4(9)3(8)2(7)1-6/h2-3,6-8H,1H2,(H2,5,9). The Morgan fingerprint density at radius 1 is 1.56 bits per heavy atom. The molecule has 0 aromatic heterocycles. The van der Waals surface area contributed by atoms with Crippen molar-refractivity contribution >= 4 is 5.91 Å². The normalized spacial score (nSPS) is 16.8. The first kappa shape index (κ1) is 8.35. The van der Waals surface area contributed by atoms with E-state index in [9.17, 15) is 4.79 Å². The lowest BCUT2D eigenvalue weighted by atomic mass is 10.2. The molecule has 0 fully saturated rings. The maximum Gasteiger partial charge on any atom is 0.249 e. The van der Waals surface area contributed by atoms with Crippen molar-refractivity contribution < 1.29 is 20.1 Å². The number of nitrogens with two attached hydrogens (primary N) is 1. The lowest BCUT2D eigenvalue weighted by Crippen LogP contribution is -2.40. The van der Waals surface area contributed by atoms with E-state index >= 15 is 0 Å². The summed E-state index contributed by atoms with van der Waals surface area (Å²) in [6.45, 7) is -0.676. The van der Waals surface area contributed by atoms with Gasteiger partial charge in [0.25, 0.3) is 0 Å². The summed E-state index contributed by atoms with van der Waals surface area (Å²) in [4.78, 5) is 10.0. The minimum Gasteiger partial charge on any atom is -0.394 e. The van der Waals surface area contributed by atoms with E-state index in [4.69, 9.17) is 15.3 Å². The van der Waals surface area contributed by atoms with Gasteiger partial charge < -0.3 is 21.1 Å². The van der Waals surface area contributed by atoms with Crippen LogP contribution in [0.2, 0.25) is 0 Å². The fourth-order valence-corrected chi connectivity index (χ4v) is 0.289. The van der Waals surface area contributed by atoms with Gasteiger partial charge in [-0.05, 0) is 0 Å². The zero-order valence-corrected chi connectivity index (χ0v) is 4.69. The van der Waals surface area contributed by atoms with Crippen LogP contribution in [0.15, 0.2) is 0 Å². The Hall–Kier alpha value is -0.650. The van der Waals surface area contributed by atoms with E-state index in [0.717, 1.165) is 0 Å². The number of aliphatic hydroxyl groups is 3. The van der Waals surface area contributed by atoms with Crippen molar-refractivity contribution in [2.24, 2.45) is 5.73 Å². The van der Waals surface area contributed by atoms with E-state index in [1.165, 1.54) is 0 Å². The van der Waals surface area contributed by atoms with Crippen molar-refractivity contribution in [1.29, 1.82) is 0 Å². The summed E-state index contributed by atoms with van der Waals surface area (Å²) in [5.41, 5.74) is 4.55. The van der Waals surface area contributed by atoms with E-state index in [0.29, 0.717) is 0 Å². The van der Waals surface area contributed by atoms with Crippen LogP contribution in [-0.2, 0) is 4.79 Å². The van der Waals surface area contributed by atoms with Crippen molar-refractivity contribution in [3.05, 3.63) is 0 Å². The Morgan fingerprint density at radius 2 is 2.00 bits per heavy atom. The van der Waals surface area contributed by atoms with Crippen LogP contribution in [0.3, 0.4) is 0 Å². The van der Waals surface area contributed by atoms with Gasteiger partial charge in [-0.25, -0.2) is 0 Å². The van der Waals surface area contributed by atoms with Gasteiger partial charge in [0.15, 0.2) is 6.10 Å². The van der Waals surface area contributed by atoms with Crippen LogP contribution >= 0.6 is 0 Å². The van der Waals surface area contributed by atoms with E-state index in [-0.39, 0.29) is 0 Å². The van der Waals surface area contributed by atoms with Crippen LogP contribution in [0.4, 0.5) is 0 Å². The molecule has 5 heteroatoms. The van der Waals surface area contributed by atoms with Gasteiger partial charge in [-0.1, -0.05) is 0 Å². The second-order valence-corrected chi connectivity index (χ2v) is 1.60. The number of carbonyl (C=O) groups is 1. The van der Waals surface area contributed by atoms with E-state index < -0.39 is 24.7 Å². The molecule has 0 radical (unpaired) electrons. The Balaban J connectivity index is 3.72. The average molecular weight is 135 g/mol. The van der Waals surface area contributed by atoms with Gasteiger partial charge in [0.05, 0.1) is 6.61 Å². The molecule has 0 heterocycles. The minimum absolute atomic E-state index is 0.676. The highest BCUT2D eigenvalue weighted by atomic mass is 16.4. The summed E-state index contributed by atoms with van der Waals surface area (Å²) in [6, 6.07) is 0. The number of amides is 1. The molecule has 2 atom stereocenters. The number of carbonyl (C=O) groups excluding carboxylic acids is 1. The predicted molar refractivity (Wildman–Crippen MR) is 28.3 cm³/mol. The quantitative estimate of drug-likeness (QED) is 0.335. The molecule has 0 saturated carbocycles. The van der Waals surface area contributed by atoms with Gasteiger partial charge in [0, 0.05) is 0 Å². The highest BCUT2D eigenvalue weighted by molar-refractivity contribution is 5.79. The van der Waals surface area contributed by atoms with Gasteiger partial charge in [0.2, 0.25) is 5.91 Å². The highest BCUT2D eigenvalue weighted by Crippen LogP contribution is 1.89. The van der Waals surface area contributed by atoms with Crippen molar-refractivity contribution in [3.63, 3.8) is 0 Å². The molecule has 5 nitrogen and oxygen atoms in total. The summed E-state index contributed by atoms with van der Waals surface area (Å²) in [5.74, 6) is -1.04. The first-order valence-electron chi connectivity index (χ1n) is 2.36. The smallest absolute Gasteiger partial charge is 0.249 e. The number of hydrogen-bond donors (Lipinski definition) is 4. The fourth-order valence-electron chi connectivity index (χ4n) is 0.289. The van der Waals surface area contributed by atoms with Crippen LogP contribution in [0.1, 0.15) is 0 Å². The monoisotopic (exact) mass is 135 g/mol. The van der Waals surface area contributed by atoms with Crippen LogP contribution in [0.25, 0.3) is 0 Å². The fraction of sp³-hybridized carbons (Fsp3) is 0.750. The molecule has 2 unspecified atom stereocenters. The summed E-state index contributed by atoms with van der Waals surface area (Å²) >= 11 is 0. The van der Waals surface area contributed by atoms with E-state index in [1.54, 1.807) is 0 Å². The van der Waals surface area contributed by atoms with E-state index in [2.05, 4.69) is 5.73 Å². The maximum atomic E-state index is 10.0. The minimum atomic E-state index is -1.67. The molecule has 0 aliphatic heterocycles. The highest BCUT2D eigenvalue weighted by Gasteiger charge is 2.19. The van der Waals surface area contributed by atoms with E-state index in [1.807, 2.05) is 0 Å². The molecule has 1 amide bonds. The first-order chi connectivity index (χ1) is 4.09. The molecule has 5 N–H and O–H groups in total. The van der Waals surface area contributed by atoms with Crippen LogP contribution in [0.5, 0.6) is 0 Å². The molecule has 0 saturated heterocycles. The van der Waals surface area contributed by atoms with Gasteiger partial charge in [-0.2, -0.15) is 0 Å². The van der Waals surface area contributed by atoms with Gasteiger partial charge in [-0.3, -0.25) is 4.79 Å². The lowest BCUT2D eigenvalue weighted by Gasteiger charge is -2.10. The molecular weight excluding hydrogens is 126 g/mol. The first-order valence-corrected chi connectivity index (χ1v) is 2.36. The predicted octanol–water partition coefficient (Wildman–Crippen LogP) is -2.81. The third kappa shape index (κ3) is 2.41. The number of hydrogen-bond acceptors (Lipinski definition) is 4. The Bertz CT molecular complexity index is 105. The number of rotatable bonds is 3. The molecule has 0 aliphatic carbocycles. The zero-order valence-electron chi connectivity index (χ0n) is 4.69. The molecule has 9 heavy (non-hydrogen) atoms. The summed E-state index contributed by atoms with van der Waals surface area (Å²) < 4.78 is 0. The number of primary amides is 1. The second-order valence-electron chi connectivity index (χ2n) is 1.60. The molecule has 0 aromatic rings. The third-order valence-corrected chi connectivity index (χ3v) is 0.843. The van der Waals surface area contributed by atoms with Crippen molar-refractivity contribution in [2.45, 2.75) is 12.2 Å². The van der Waals surface area contributed by atoms with Gasteiger partial charge >= 0.3 is 0 Å². The molecule has 0 aromatic carbocycles. The lowest BCUT2D eigenvalue weighted by molar-refractivity contribution is -0.133. The van der Waals surface area contributed by atoms with Crippen molar-refractivity contribution in [2.75, 3.05) is 6.61 Å². The zero-order chi connectivity index (χ0) is 7.44. The molecule has 0 rings (SSSR count). The summed E-state index contributed by atoms with van der Waals surface area (Å²) in [5, 5.41) is 25.1.